The van der Waals surface area contributed by atoms with Crippen molar-refractivity contribution >= 4 is 17.3 Å². The highest BCUT2D eigenvalue weighted by molar-refractivity contribution is 6.31. The number of aliphatic hydroxyl groups excluding tert-OH is 2. The highest BCUT2D eigenvalue weighted by atomic mass is 35.5. The van der Waals surface area contributed by atoms with Crippen molar-refractivity contribution in [1.29, 1.82) is 0 Å². The van der Waals surface area contributed by atoms with Gasteiger partial charge < -0.3 is 20.4 Å². The predicted molar refractivity (Wildman–Crippen MR) is 121 cm³/mol. The van der Waals surface area contributed by atoms with E-state index in [0.717, 1.165) is 38.0 Å². The van der Waals surface area contributed by atoms with Crippen LogP contribution in [0.2, 0.25) is 0 Å². The number of allylic oxidation sites excluding steroid dienone is 4. The van der Waals surface area contributed by atoms with Crippen molar-refractivity contribution < 1.29 is 10.2 Å². The fourth-order valence-electron chi connectivity index (χ4n) is 4.50. The van der Waals surface area contributed by atoms with Gasteiger partial charge in [0.2, 0.25) is 0 Å². The van der Waals surface area contributed by atoms with Gasteiger partial charge in [-0.2, -0.15) is 0 Å². The summed E-state index contributed by atoms with van der Waals surface area (Å²) in [7, 11) is 0. The Balaban J connectivity index is 2.01. The van der Waals surface area contributed by atoms with Gasteiger partial charge in [-0.05, 0) is 62.7 Å². The minimum atomic E-state index is -0.308. The maximum absolute atomic E-state index is 9.38. The third kappa shape index (κ3) is 5.36. The predicted octanol–water partition coefficient (Wildman–Crippen LogP) is 4.27. The fourth-order valence-corrected chi connectivity index (χ4v) is 4.67. The van der Waals surface area contributed by atoms with Crippen LogP contribution in [0.1, 0.15) is 50.5 Å². The Morgan fingerprint density at radius 2 is 1.76 bits per heavy atom. The molecule has 29 heavy (non-hydrogen) atoms. The van der Waals surface area contributed by atoms with Gasteiger partial charge in [-0.15, -0.1) is 0 Å². The number of rotatable bonds is 10. The first-order valence-electron chi connectivity index (χ1n) is 10.9. The number of unbranched alkanes of at least 4 members (excludes halogenated alkanes) is 1. The Bertz CT molecular complexity index is 713. The lowest BCUT2D eigenvalue weighted by Crippen LogP contribution is -2.40. The molecule has 3 N–H and O–H groups in total. The smallest absolute Gasteiger partial charge is 0.0447 e. The molecule has 0 bridgehead atoms. The number of nitrogens with zero attached hydrogens (tertiary/aromatic N) is 1. The third-order valence-corrected chi connectivity index (χ3v) is 6.24. The number of aliphatic hydroxyl groups is 2. The van der Waals surface area contributed by atoms with Crippen LogP contribution in [0.15, 0.2) is 47.1 Å². The fraction of sp³-hybridized carbons (Fsp3) is 0.542. The summed E-state index contributed by atoms with van der Waals surface area (Å²) in [5.41, 5.74) is 3.37. The topological polar surface area (TPSA) is 55.7 Å². The van der Waals surface area contributed by atoms with Crippen LogP contribution < -0.4 is 10.2 Å². The Hall–Kier alpha value is -1.49. The monoisotopic (exact) mass is 417 g/mol. The van der Waals surface area contributed by atoms with Crippen molar-refractivity contribution in [1.82, 2.24) is 5.32 Å². The summed E-state index contributed by atoms with van der Waals surface area (Å²) in [4.78, 5) is 2.52. The van der Waals surface area contributed by atoms with Crippen molar-refractivity contribution in [2.75, 3.05) is 37.7 Å². The molecule has 1 saturated heterocycles. The second-order valence-electron chi connectivity index (χ2n) is 8.00. The molecule has 4 nitrogen and oxygen atoms in total. The van der Waals surface area contributed by atoms with E-state index in [1.165, 1.54) is 30.5 Å². The molecule has 0 saturated carbocycles. The number of hydrogen-bond donors (Lipinski definition) is 3. The van der Waals surface area contributed by atoms with Crippen LogP contribution in [0.3, 0.4) is 0 Å². The third-order valence-electron chi connectivity index (χ3n) is 6.00. The van der Waals surface area contributed by atoms with Crippen molar-refractivity contribution in [3.05, 3.63) is 59.1 Å². The first-order chi connectivity index (χ1) is 14.2. The average molecular weight is 418 g/mol. The van der Waals surface area contributed by atoms with Crippen LogP contribution in [0.4, 0.5) is 5.69 Å². The van der Waals surface area contributed by atoms with Gasteiger partial charge in [0.25, 0.3) is 0 Å². The molecule has 1 fully saturated rings. The van der Waals surface area contributed by atoms with E-state index in [1.807, 2.05) is 12.2 Å². The van der Waals surface area contributed by atoms with Crippen LogP contribution in [-0.4, -0.2) is 43.1 Å². The molecule has 1 aromatic rings. The van der Waals surface area contributed by atoms with E-state index < -0.39 is 0 Å². The van der Waals surface area contributed by atoms with Gasteiger partial charge in [0.15, 0.2) is 0 Å². The average Bonchev–Trinajstić information content (AvgIpc) is 2.76. The standard InChI is InChI=1S/C24H34ClN2O2/c25-20-11-13-24(12-4-7-17-28,23(19-20)26-14-8-18-29)21-9-2-3-10-22(21)27-15-5-1-6-16-27/h2-3,9-11,13,19,26,28-29H,1,4-8,12,14-18H2. The van der Waals surface area contributed by atoms with Crippen molar-refractivity contribution in [3.63, 3.8) is 0 Å². The number of anilines is 1. The number of nitrogens with one attached hydrogen (secondary N) is 1. The zero-order chi connectivity index (χ0) is 20.5. The van der Waals surface area contributed by atoms with Crippen LogP contribution in [0.25, 0.3) is 0 Å². The van der Waals surface area contributed by atoms with E-state index in [1.54, 1.807) is 0 Å². The molecular formula is C24H34ClN2O2. The molecule has 2 aliphatic rings. The Labute approximate surface area is 180 Å². The summed E-state index contributed by atoms with van der Waals surface area (Å²) in [6.07, 6.45) is 13.3. The minimum absolute atomic E-state index is 0.162. The first-order valence-corrected chi connectivity index (χ1v) is 11.3. The van der Waals surface area contributed by atoms with Crippen LogP contribution in [0.5, 0.6) is 0 Å². The molecule has 1 radical (unpaired) electrons. The zero-order valence-corrected chi connectivity index (χ0v) is 18.0. The lowest BCUT2D eigenvalue weighted by atomic mass is 9.68. The molecule has 1 heterocycles. The highest BCUT2D eigenvalue weighted by Crippen LogP contribution is 2.46. The van der Waals surface area contributed by atoms with Gasteiger partial charge in [0.05, 0.1) is 0 Å². The Morgan fingerprint density at radius 1 is 1.00 bits per heavy atom. The molecule has 5 heteroatoms. The number of para-hydroxylation sites is 1. The SMILES string of the molecule is OCCCCC1(c2ccccc2N2CCCCC2)[CH]C=C(Cl)C=C1NCCCO. The van der Waals surface area contributed by atoms with E-state index in [0.29, 0.717) is 18.0 Å². The van der Waals surface area contributed by atoms with Crippen LogP contribution in [0, 0.1) is 6.42 Å². The molecule has 3 rings (SSSR count). The van der Waals surface area contributed by atoms with Crippen molar-refractivity contribution in [2.24, 2.45) is 0 Å². The summed E-state index contributed by atoms with van der Waals surface area (Å²) < 4.78 is 0. The molecule has 1 aliphatic heterocycles. The second kappa shape index (κ2) is 11.1. The maximum Gasteiger partial charge on any atom is 0.0447 e. The second-order valence-corrected chi connectivity index (χ2v) is 8.43. The summed E-state index contributed by atoms with van der Waals surface area (Å²) >= 11 is 6.40. The van der Waals surface area contributed by atoms with Gasteiger partial charge in [-0.1, -0.05) is 35.9 Å². The van der Waals surface area contributed by atoms with Gasteiger partial charge in [-0.25, -0.2) is 0 Å². The molecule has 159 valence electrons. The molecule has 1 atom stereocenters. The van der Waals surface area contributed by atoms with E-state index in [4.69, 9.17) is 11.6 Å². The quantitative estimate of drug-likeness (QED) is 0.497. The molecular weight excluding hydrogens is 384 g/mol. The number of benzene rings is 1. The van der Waals surface area contributed by atoms with Crippen molar-refractivity contribution in [2.45, 2.75) is 50.4 Å². The van der Waals surface area contributed by atoms with Gasteiger partial charge >= 0.3 is 0 Å². The van der Waals surface area contributed by atoms with Gasteiger partial charge in [-0.3, -0.25) is 0 Å². The molecule has 1 aromatic carbocycles. The summed E-state index contributed by atoms with van der Waals surface area (Å²) in [5.74, 6) is 0. The lowest BCUT2D eigenvalue weighted by Gasteiger charge is -2.42. The first kappa shape index (κ1) is 22.2. The molecule has 1 aliphatic carbocycles. The van der Waals surface area contributed by atoms with E-state index >= 15 is 0 Å². The summed E-state index contributed by atoms with van der Waals surface area (Å²) in [5, 5.41) is 22.9. The van der Waals surface area contributed by atoms with Crippen LogP contribution in [-0.2, 0) is 5.41 Å². The minimum Gasteiger partial charge on any atom is -0.396 e. The zero-order valence-electron chi connectivity index (χ0n) is 17.2. The number of piperidine rings is 1. The Morgan fingerprint density at radius 3 is 2.52 bits per heavy atom. The summed E-state index contributed by atoms with van der Waals surface area (Å²) in [6.45, 7) is 3.26. The van der Waals surface area contributed by atoms with E-state index in [9.17, 15) is 10.2 Å². The van der Waals surface area contributed by atoms with E-state index in [2.05, 4.69) is 40.9 Å². The molecule has 1 unspecified atom stereocenters. The number of hydrogen-bond acceptors (Lipinski definition) is 4. The molecule has 0 amide bonds. The molecule has 0 spiro atoms. The Kier molecular flexibility index (Phi) is 8.46. The molecule has 0 aromatic heterocycles. The van der Waals surface area contributed by atoms with Gasteiger partial charge in [0.1, 0.15) is 0 Å². The largest absolute Gasteiger partial charge is 0.396 e. The van der Waals surface area contributed by atoms with Gasteiger partial charge in [0, 0.05) is 61.1 Å². The van der Waals surface area contributed by atoms with E-state index in [-0.39, 0.29) is 18.6 Å². The summed E-state index contributed by atoms with van der Waals surface area (Å²) in [6, 6.07) is 8.74. The highest BCUT2D eigenvalue weighted by Gasteiger charge is 2.39. The van der Waals surface area contributed by atoms with Crippen molar-refractivity contribution in [3.8, 4) is 0 Å². The number of halogens is 1. The maximum atomic E-state index is 9.38. The van der Waals surface area contributed by atoms with Crippen LogP contribution >= 0.6 is 11.6 Å². The normalized spacial score (nSPS) is 22.2. The lowest BCUT2D eigenvalue weighted by molar-refractivity contribution is 0.276.